The lowest BCUT2D eigenvalue weighted by Crippen LogP contribution is -2.76. The fourth-order valence-corrected chi connectivity index (χ4v) is 4.86. The number of fused-ring (bicyclic) bond motifs is 1. The first-order valence-electron chi connectivity index (χ1n) is 12.6. The van der Waals surface area contributed by atoms with Crippen molar-refractivity contribution in [2.75, 3.05) is 33.3 Å². The zero-order chi connectivity index (χ0) is 26.4. The molecule has 2 aromatic rings. The minimum Gasteiger partial charge on any atom is -0.375 e. The average Bonchev–Trinajstić information content (AvgIpc) is 2.89. The van der Waals surface area contributed by atoms with Crippen molar-refractivity contribution < 1.29 is 23.5 Å². The topological polar surface area (TPSA) is 85.4 Å². The van der Waals surface area contributed by atoms with E-state index in [4.69, 9.17) is 4.74 Å². The SMILES string of the molecule is CCC[C@H]1C(=O)N(CCOCc2ccc(F)cc2)CC2N1C(=O)CN(C)N2C(=O)NCc1ccccc1. The summed E-state index contributed by atoms with van der Waals surface area (Å²) in [4.78, 5) is 43.0. The summed E-state index contributed by atoms with van der Waals surface area (Å²) >= 11 is 0. The number of benzene rings is 2. The lowest BCUT2D eigenvalue weighted by Gasteiger charge is -2.54. The molecule has 0 spiro atoms. The molecule has 2 aromatic carbocycles. The summed E-state index contributed by atoms with van der Waals surface area (Å²) in [6.07, 6.45) is 0.614. The molecule has 198 valence electrons. The highest BCUT2D eigenvalue weighted by molar-refractivity contribution is 5.91. The van der Waals surface area contributed by atoms with Gasteiger partial charge in [0.15, 0.2) is 0 Å². The number of ether oxygens (including phenoxy) is 1. The Hall–Kier alpha value is -3.50. The zero-order valence-corrected chi connectivity index (χ0v) is 21.3. The van der Waals surface area contributed by atoms with Crippen LogP contribution in [0.25, 0.3) is 0 Å². The van der Waals surface area contributed by atoms with Crippen molar-refractivity contribution in [3.05, 3.63) is 71.5 Å². The van der Waals surface area contributed by atoms with Gasteiger partial charge in [-0.15, -0.1) is 0 Å². The predicted molar refractivity (Wildman–Crippen MR) is 135 cm³/mol. The summed E-state index contributed by atoms with van der Waals surface area (Å²) in [5, 5.41) is 6.11. The van der Waals surface area contributed by atoms with Crippen molar-refractivity contribution in [3.8, 4) is 0 Å². The fourth-order valence-electron chi connectivity index (χ4n) is 4.86. The number of urea groups is 1. The molecule has 4 amide bonds. The molecule has 9 nitrogen and oxygen atoms in total. The zero-order valence-electron chi connectivity index (χ0n) is 21.3. The summed E-state index contributed by atoms with van der Waals surface area (Å²) in [6.45, 7) is 3.42. The van der Waals surface area contributed by atoms with Gasteiger partial charge in [-0.05, 0) is 29.7 Å². The smallest absolute Gasteiger partial charge is 0.334 e. The number of hydrogen-bond donors (Lipinski definition) is 1. The fraction of sp³-hybridized carbons (Fsp3) is 0.444. The number of nitrogens with zero attached hydrogens (tertiary/aromatic N) is 4. The van der Waals surface area contributed by atoms with Gasteiger partial charge in [0.1, 0.15) is 18.0 Å². The van der Waals surface area contributed by atoms with Gasteiger partial charge in [0.05, 0.1) is 26.3 Å². The second-order valence-electron chi connectivity index (χ2n) is 9.35. The molecule has 0 bridgehead atoms. The summed E-state index contributed by atoms with van der Waals surface area (Å²) in [5.41, 5.74) is 1.80. The Bertz CT molecular complexity index is 1080. The van der Waals surface area contributed by atoms with Crippen molar-refractivity contribution >= 4 is 17.8 Å². The predicted octanol–water partition coefficient (Wildman–Crippen LogP) is 2.58. The lowest BCUT2D eigenvalue weighted by atomic mass is 10.0. The van der Waals surface area contributed by atoms with E-state index in [1.54, 1.807) is 39.0 Å². The normalized spacial score (nSPS) is 20.2. The van der Waals surface area contributed by atoms with Crippen LogP contribution in [-0.2, 0) is 27.5 Å². The summed E-state index contributed by atoms with van der Waals surface area (Å²) in [6, 6.07) is 14.7. The number of nitrogens with one attached hydrogen (secondary N) is 1. The van der Waals surface area contributed by atoms with E-state index in [9.17, 15) is 18.8 Å². The van der Waals surface area contributed by atoms with E-state index in [1.807, 2.05) is 37.3 Å². The first-order chi connectivity index (χ1) is 17.9. The van der Waals surface area contributed by atoms with Crippen LogP contribution in [0.2, 0.25) is 0 Å². The molecule has 4 rings (SSSR count). The van der Waals surface area contributed by atoms with Gasteiger partial charge < -0.3 is 19.9 Å². The first-order valence-corrected chi connectivity index (χ1v) is 12.6. The summed E-state index contributed by atoms with van der Waals surface area (Å²) in [7, 11) is 1.71. The number of halogens is 1. The van der Waals surface area contributed by atoms with Gasteiger partial charge in [-0.2, -0.15) is 0 Å². The van der Waals surface area contributed by atoms with Crippen molar-refractivity contribution in [3.63, 3.8) is 0 Å². The molecule has 2 atom stereocenters. The number of piperazine rings is 1. The number of carbonyl (C=O) groups excluding carboxylic acids is 3. The minimum absolute atomic E-state index is 0.0174. The van der Waals surface area contributed by atoms with Crippen LogP contribution in [0, 0.1) is 5.82 Å². The van der Waals surface area contributed by atoms with Crippen molar-refractivity contribution in [1.82, 2.24) is 25.1 Å². The largest absolute Gasteiger partial charge is 0.375 e. The average molecular weight is 512 g/mol. The Kier molecular flexibility index (Phi) is 8.73. The molecule has 1 unspecified atom stereocenters. The molecule has 2 saturated heterocycles. The van der Waals surface area contributed by atoms with Gasteiger partial charge in [0, 0.05) is 20.1 Å². The van der Waals surface area contributed by atoms with Crippen molar-refractivity contribution in [2.24, 2.45) is 0 Å². The number of amides is 4. The molecule has 1 N–H and O–H groups in total. The number of likely N-dealkylation sites (N-methyl/N-ethyl adjacent to an activating group) is 1. The van der Waals surface area contributed by atoms with Crippen LogP contribution in [0.1, 0.15) is 30.9 Å². The molecule has 37 heavy (non-hydrogen) atoms. The maximum Gasteiger partial charge on any atom is 0.334 e. The Balaban J connectivity index is 1.45. The molecule has 0 radical (unpaired) electrons. The van der Waals surface area contributed by atoms with E-state index in [-0.39, 0.29) is 43.4 Å². The molecule has 0 saturated carbocycles. The lowest BCUT2D eigenvalue weighted by molar-refractivity contribution is -0.188. The molecule has 2 aliphatic rings. The van der Waals surface area contributed by atoms with E-state index in [0.717, 1.165) is 17.5 Å². The van der Waals surface area contributed by atoms with Gasteiger partial charge in [0.2, 0.25) is 11.8 Å². The van der Waals surface area contributed by atoms with Crippen molar-refractivity contribution in [2.45, 2.75) is 45.1 Å². The Labute approximate surface area is 216 Å². The standard InChI is InChI=1S/C27H34FN5O4/c1-3-7-23-26(35)31(14-15-37-19-21-10-12-22(28)13-11-21)17-24-32(23)25(34)18-30(2)33(24)27(36)29-16-20-8-5-4-6-9-20/h4-6,8-13,23-24H,3,7,14-19H2,1-2H3,(H,29,36)/t23-,24?/m0/s1. The molecular weight excluding hydrogens is 477 g/mol. The van der Waals surface area contributed by atoms with Gasteiger partial charge in [-0.3, -0.25) is 9.59 Å². The highest BCUT2D eigenvalue weighted by Crippen LogP contribution is 2.27. The van der Waals surface area contributed by atoms with Gasteiger partial charge in [-0.25, -0.2) is 19.2 Å². The maximum absolute atomic E-state index is 13.4. The monoisotopic (exact) mass is 511 g/mol. The van der Waals surface area contributed by atoms with E-state index in [0.29, 0.717) is 26.1 Å². The van der Waals surface area contributed by atoms with Crippen LogP contribution < -0.4 is 5.32 Å². The van der Waals surface area contributed by atoms with Crippen LogP contribution >= 0.6 is 0 Å². The number of hydrogen-bond acceptors (Lipinski definition) is 5. The second-order valence-corrected chi connectivity index (χ2v) is 9.35. The Morgan fingerprint density at radius 3 is 2.51 bits per heavy atom. The highest BCUT2D eigenvalue weighted by Gasteiger charge is 2.50. The molecular formula is C27H34FN5O4. The van der Waals surface area contributed by atoms with Crippen LogP contribution in [0.4, 0.5) is 9.18 Å². The number of hydrazine groups is 1. The number of carbonyl (C=O) groups is 3. The third kappa shape index (κ3) is 6.26. The van der Waals surface area contributed by atoms with Crippen LogP contribution in [-0.4, -0.2) is 83.2 Å². The first kappa shape index (κ1) is 26.6. The van der Waals surface area contributed by atoms with Crippen LogP contribution in [0.15, 0.2) is 54.6 Å². The summed E-state index contributed by atoms with van der Waals surface area (Å²) < 4.78 is 18.9. The van der Waals surface area contributed by atoms with E-state index < -0.39 is 12.2 Å². The molecule has 0 aliphatic carbocycles. The van der Waals surface area contributed by atoms with Crippen LogP contribution in [0.3, 0.4) is 0 Å². The van der Waals surface area contributed by atoms with Gasteiger partial charge in [0.25, 0.3) is 0 Å². The third-order valence-electron chi connectivity index (χ3n) is 6.68. The molecule has 0 aromatic heterocycles. The quantitative estimate of drug-likeness (QED) is 0.523. The summed E-state index contributed by atoms with van der Waals surface area (Å²) in [5.74, 6) is -0.608. The Morgan fingerprint density at radius 1 is 1.08 bits per heavy atom. The third-order valence-corrected chi connectivity index (χ3v) is 6.68. The minimum atomic E-state index is -0.633. The van der Waals surface area contributed by atoms with Gasteiger partial charge >= 0.3 is 6.03 Å². The molecule has 2 aliphatic heterocycles. The molecule has 2 fully saturated rings. The Morgan fingerprint density at radius 2 is 1.81 bits per heavy atom. The van der Waals surface area contributed by atoms with E-state index in [1.165, 1.54) is 12.1 Å². The second kappa shape index (κ2) is 12.2. The maximum atomic E-state index is 13.4. The van der Waals surface area contributed by atoms with Crippen molar-refractivity contribution in [1.29, 1.82) is 0 Å². The van der Waals surface area contributed by atoms with Crippen LogP contribution in [0.5, 0.6) is 0 Å². The molecule has 10 heteroatoms. The van der Waals surface area contributed by atoms with Gasteiger partial charge in [-0.1, -0.05) is 55.8 Å². The van der Waals surface area contributed by atoms with E-state index in [2.05, 4.69) is 5.32 Å². The van der Waals surface area contributed by atoms with E-state index >= 15 is 0 Å². The number of rotatable bonds is 9. The highest BCUT2D eigenvalue weighted by atomic mass is 19.1. The molecule has 2 heterocycles.